The summed E-state index contributed by atoms with van der Waals surface area (Å²) in [5.41, 5.74) is 1.41. The predicted molar refractivity (Wildman–Crippen MR) is 78.0 cm³/mol. The summed E-state index contributed by atoms with van der Waals surface area (Å²) in [5.74, 6) is -1.96. The molecule has 21 heavy (non-hydrogen) atoms. The first kappa shape index (κ1) is 16.7. The van der Waals surface area contributed by atoms with E-state index in [-0.39, 0.29) is 12.5 Å². The van der Waals surface area contributed by atoms with Crippen molar-refractivity contribution in [3.05, 3.63) is 35.4 Å². The van der Waals surface area contributed by atoms with Crippen LogP contribution in [0.2, 0.25) is 0 Å². The zero-order valence-corrected chi connectivity index (χ0v) is 12.2. The topological polar surface area (TPSA) is 95.5 Å². The van der Waals surface area contributed by atoms with Gasteiger partial charge in [-0.15, -0.1) is 0 Å². The highest BCUT2D eigenvalue weighted by atomic mass is 16.4. The summed E-state index contributed by atoms with van der Waals surface area (Å²) in [6, 6.07) is 6.07. The van der Waals surface area contributed by atoms with Crippen LogP contribution in [0.4, 0.5) is 0 Å². The smallest absolute Gasteiger partial charge is 0.326 e. The summed E-state index contributed by atoms with van der Waals surface area (Å²) in [6.45, 7) is 3.45. The number of hydrogen-bond acceptors (Lipinski definition) is 3. The minimum absolute atomic E-state index is 0.250. The Morgan fingerprint density at radius 3 is 2.57 bits per heavy atom. The number of carboxylic acid groups (broad SMARTS) is 1. The Kier molecular flexibility index (Phi) is 6.39. The molecule has 1 atom stereocenters. The summed E-state index contributed by atoms with van der Waals surface area (Å²) >= 11 is 0. The molecule has 1 rings (SSSR count). The first-order valence-corrected chi connectivity index (χ1v) is 6.81. The van der Waals surface area contributed by atoms with Gasteiger partial charge in [0.05, 0.1) is 6.54 Å². The average Bonchev–Trinajstić information content (AvgIpc) is 2.44. The Morgan fingerprint density at radius 1 is 1.29 bits per heavy atom. The Bertz CT molecular complexity index is 528. The van der Waals surface area contributed by atoms with Crippen molar-refractivity contribution in [2.24, 2.45) is 0 Å². The van der Waals surface area contributed by atoms with Crippen LogP contribution in [-0.4, -0.2) is 35.5 Å². The van der Waals surface area contributed by atoms with Crippen LogP contribution in [0.3, 0.4) is 0 Å². The normalized spacial score (nSPS) is 11.5. The second kappa shape index (κ2) is 8.04. The SMILES string of the molecule is CCC[C@H](NC(=O)CNC(=O)c1cccc(C)c1)C(=O)O. The van der Waals surface area contributed by atoms with E-state index in [4.69, 9.17) is 5.11 Å². The number of aryl methyl sites for hydroxylation is 1. The lowest BCUT2D eigenvalue weighted by Gasteiger charge is -2.13. The van der Waals surface area contributed by atoms with E-state index in [1.807, 2.05) is 19.9 Å². The maximum absolute atomic E-state index is 11.8. The van der Waals surface area contributed by atoms with E-state index in [1.165, 1.54) is 0 Å². The number of benzene rings is 1. The van der Waals surface area contributed by atoms with Crippen molar-refractivity contribution < 1.29 is 19.5 Å². The summed E-state index contributed by atoms with van der Waals surface area (Å²) in [5, 5.41) is 13.8. The molecule has 0 saturated carbocycles. The van der Waals surface area contributed by atoms with Crippen molar-refractivity contribution in [3.8, 4) is 0 Å². The molecule has 0 aliphatic carbocycles. The Hall–Kier alpha value is -2.37. The maximum atomic E-state index is 11.8. The standard InChI is InChI=1S/C15H20N2O4/c1-3-5-12(15(20)21)17-13(18)9-16-14(19)11-7-4-6-10(2)8-11/h4,6-8,12H,3,5,9H2,1-2H3,(H,16,19)(H,17,18)(H,20,21)/t12-/m0/s1. The van der Waals surface area contributed by atoms with Crippen LogP contribution < -0.4 is 10.6 Å². The number of carbonyl (C=O) groups is 3. The van der Waals surface area contributed by atoms with Crippen molar-refractivity contribution >= 4 is 17.8 Å². The van der Waals surface area contributed by atoms with Gasteiger partial charge < -0.3 is 15.7 Å². The van der Waals surface area contributed by atoms with Gasteiger partial charge in [-0.25, -0.2) is 4.79 Å². The highest BCUT2D eigenvalue weighted by Gasteiger charge is 2.18. The largest absolute Gasteiger partial charge is 0.480 e. The molecule has 0 aliphatic heterocycles. The fraction of sp³-hybridized carbons (Fsp3) is 0.400. The molecule has 1 aromatic carbocycles. The molecular weight excluding hydrogens is 272 g/mol. The van der Waals surface area contributed by atoms with Gasteiger partial charge in [-0.05, 0) is 25.5 Å². The van der Waals surface area contributed by atoms with Crippen molar-refractivity contribution in [3.63, 3.8) is 0 Å². The van der Waals surface area contributed by atoms with Crippen molar-refractivity contribution in [2.75, 3.05) is 6.54 Å². The molecular formula is C15H20N2O4. The highest BCUT2D eigenvalue weighted by molar-refractivity contribution is 5.97. The van der Waals surface area contributed by atoms with Gasteiger partial charge in [0, 0.05) is 5.56 Å². The third kappa shape index (κ3) is 5.64. The molecule has 0 saturated heterocycles. The van der Waals surface area contributed by atoms with E-state index in [0.717, 1.165) is 5.56 Å². The molecule has 0 heterocycles. The van der Waals surface area contributed by atoms with Crippen molar-refractivity contribution in [1.82, 2.24) is 10.6 Å². The van der Waals surface area contributed by atoms with Gasteiger partial charge in [0.15, 0.2) is 0 Å². The highest BCUT2D eigenvalue weighted by Crippen LogP contribution is 2.03. The van der Waals surface area contributed by atoms with Gasteiger partial charge in [-0.3, -0.25) is 9.59 Å². The number of amides is 2. The molecule has 6 nitrogen and oxygen atoms in total. The molecule has 0 aromatic heterocycles. The lowest BCUT2D eigenvalue weighted by atomic mass is 10.1. The summed E-state index contributed by atoms with van der Waals surface area (Å²) in [4.78, 5) is 34.4. The minimum atomic E-state index is -1.07. The average molecular weight is 292 g/mol. The van der Waals surface area contributed by atoms with Gasteiger partial charge in [-0.2, -0.15) is 0 Å². The van der Waals surface area contributed by atoms with E-state index in [1.54, 1.807) is 18.2 Å². The predicted octanol–water partition coefficient (Wildman–Crippen LogP) is 1.09. The van der Waals surface area contributed by atoms with Crippen LogP contribution in [0, 0.1) is 6.92 Å². The number of carboxylic acids is 1. The van der Waals surface area contributed by atoms with Gasteiger partial charge in [0.2, 0.25) is 5.91 Å². The lowest BCUT2D eigenvalue weighted by Crippen LogP contribution is -2.45. The Morgan fingerprint density at radius 2 is 2.00 bits per heavy atom. The first-order valence-electron chi connectivity index (χ1n) is 6.81. The molecule has 1 aromatic rings. The third-order valence-electron chi connectivity index (χ3n) is 2.90. The molecule has 2 amide bonds. The monoisotopic (exact) mass is 292 g/mol. The van der Waals surface area contributed by atoms with E-state index < -0.39 is 17.9 Å². The fourth-order valence-electron chi connectivity index (χ4n) is 1.84. The molecule has 0 aliphatic rings. The zero-order chi connectivity index (χ0) is 15.8. The Balaban J connectivity index is 2.49. The molecule has 0 spiro atoms. The van der Waals surface area contributed by atoms with Crippen LogP contribution in [0.1, 0.15) is 35.7 Å². The number of aliphatic carboxylic acids is 1. The number of carbonyl (C=O) groups excluding carboxylic acids is 2. The van der Waals surface area contributed by atoms with Gasteiger partial charge in [-0.1, -0.05) is 31.0 Å². The summed E-state index contributed by atoms with van der Waals surface area (Å²) in [7, 11) is 0. The lowest BCUT2D eigenvalue weighted by molar-refractivity contribution is -0.141. The second-order valence-corrected chi connectivity index (χ2v) is 4.80. The Labute approximate surface area is 123 Å². The number of hydrogen-bond donors (Lipinski definition) is 3. The van der Waals surface area contributed by atoms with E-state index >= 15 is 0 Å². The van der Waals surface area contributed by atoms with E-state index in [9.17, 15) is 14.4 Å². The zero-order valence-electron chi connectivity index (χ0n) is 12.2. The van der Waals surface area contributed by atoms with E-state index in [0.29, 0.717) is 18.4 Å². The van der Waals surface area contributed by atoms with Crippen LogP contribution in [-0.2, 0) is 9.59 Å². The van der Waals surface area contributed by atoms with Crippen LogP contribution in [0.25, 0.3) is 0 Å². The van der Waals surface area contributed by atoms with Crippen molar-refractivity contribution in [1.29, 1.82) is 0 Å². The molecule has 3 N–H and O–H groups in total. The summed E-state index contributed by atoms with van der Waals surface area (Å²) < 4.78 is 0. The quantitative estimate of drug-likeness (QED) is 0.701. The molecule has 114 valence electrons. The van der Waals surface area contributed by atoms with Gasteiger partial charge in [0.25, 0.3) is 5.91 Å². The van der Waals surface area contributed by atoms with E-state index in [2.05, 4.69) is 10.6 Å². The molecule has 0 fully saturated rings. The molecule has 0 radical (unpaired) electrons. The van der Waals surface area contributed by atoms with Gasteiger partial charge in [0.1, 0.15) is 6.04 Å². The van der Waals surface area contributed by atoms with Crippen LogP contribution in [0.15, 0.2) is 24.3 Å². The summed E-state index contributed by atoms with van der Waals surface area (Å²) in [6.07, 6.45) is 1.000. The first-order chi connectivity index (χ1) is 9.93. The van der Waals surface area contributed by atoms with Crippen LogP contribution in [0.5, 0.6) is 0 Å². The fourth-order valence-corrected chi connectivity index (χ4v) is 1.84. The molecule has 6 heteroatoms. The molecule has 0 unspecified atom stereocenters. The van der Waals surface area contributed by atoms with Gasteiger partial charge >= 0.3 is 5.97 Å². The second-order valence-electron chi connectivity index (χ2n) is 4.80. The number of rotatable bonds is 7. The van der Waals surface area contributed by atoms with Crippen molar-refractivity contribution in [2.45, 2.75) is 32.7 Å². The van der Waals surface area contributed by atoms with Crippen LogP contribution >= 0.6 is 0 Å². The maximum Gasteiger partial charge on any atom is 0.326 e. The molecule has 0 bridgehead atoms. The number of nitrogens with one attached hydrogen (secondary N) is 2. The minimum Gasteiger partial charge on any atom is -0.480 e. The third-order valence-corrected chi connectivity index (χ3v) is 2.90.